The smallest absolute Gasteiger partial charge is 0.193 e. The van der Waals surface area contributed by atoms with E-state index >= 15 is 0 Å². The van der Waals surface area contributed by atoms with Crippen LogP contribution in [0, 0.1) is 0 Å². The molecular weight excluding hydrogens is 432 g/mol. The quantitative estimate of drug-likeness (QED) is 0.176. The summed E-state index contributed by atoms with van der Waals surface area (Å²) in [4.78, 5) is 12.7. The van der Waals surface area contributed by atoms with Gasteiger partial charge >= 0.3 is 0 Å². The van der Waals surface area contributed by atoms with E-state index in [2.05, 4.69) is 37.4 Å². The number of carbonyl (C=O) groups excluding carboxylic acids is 1. The topological polar surface area (TPSA) is 35.5 Å². The van der Waals surface area contributed by atoms with E-state index in [9.17, 15) is 4.79 Å². The Bertz CT molecular complexity index is 1350. The second-order valence-electron chi connectivity index (χ2n) is 8.74. The third-order valence-corrected chi connectivity index (χ3v) is 5.67. The van der Waals surface area contributed by atoms with Gasteiger partial charge < -0.3 is 9.47 Å². The minimum atomic E-state index is -0.00984. The fourth-order valence-corrected chi connectivity index (χ4v) is 4.05. The van der Waals surface area contributed by atoms with Crippen LogP contribution >= 0.6 is 0 Å². The van der Waals surface area contributed by atoms with Gasteiger partial charge in [0.25, 0.3) is 0 Å². The maximum atomic E-state index is 12.7. The minimum absolute atomic E-state index is 0.00984. The van der Waals surface area contributed by atoms with E-state index in [1.807, 2.05) is 68.5 Å². The van der Waals surface area contributed by atoms with Crippen molar-refractivity contribution in [1.29, 1.82) is 0 Å². The van der Waals surface area contributed by atoms with E-state index in [4.69, 9.17) is 9.47 Å². The highest BCUT2D eigenvalue weighted by Crippen LogP contribution is 2.35. The molecule has 0 radical (unpaired) electrons. The van der Waals surface area contributed by atoms with Gasteiger partial charge in [-0.05, 0) is 97.1 Å². The van der Waals surface area contributed by atoms with Crippen molar-refractivity contribution in [3.05, 3.63) is 126 Å². The third-order valence-electron chi connectivity index (χ3n) is 5.67. The molecule has 0 amide bonds. The molecule has 0 fully saturated rings. The second kappa shape index (κ2) is 10.9. The highest BCUT2D eigenvalue weighted by Gasteiger charge is 2.13. The van der Waals surface area contributed by atoms with Crippen molar-refractivity contribution in [2.75, 3.05) is 0 Å². The number of hydrogen-bond acceptors (Lipinski definition) is 3. The van der Waals surface area contributed by atoms with Gasteiger partial charge in [0.2, 0.25) is 0 Å². The van der Waals surface area contributed by atoms with Crippen molar-refractivity contribution >= 4 is 16.6 Å². The number of ketones is 1. The molecule has 0 bridgehead atoms. The van der Waals surface area contributed by atoms with Gasteiger partial charge in [0.1, 0.15) is 17.2 Å². The third kappa shape index (κ3) is 5.70. The molecule has 0 atom stereocenters. The lowest BCUT2D eigenvalue weighted by Crippen LogP contribution is -2.07. The minimum Gasteiger partial charge on any atom is -0.491 e. The first-order valence-electron chi connectivity index (χ1n) is 11.8. The molecule has 0 saturated heterocycles. The van der Waals surface area contributed by atoms with Gasteiger partial charge in [0.05, 0.1) is 6.10 Å². The highest BCUT2D eigenvalue weighted by molar-refractivity contribution is 6.09. The molecule has 0 N–H and O–H groups in total. The Morgan fingerprint density at radius 3 is 1.89 bits per heavy atom. The van der Waals surface area contributed by atoms with Crippen LogP contribution in [-0.4, -0.2) is 11.9 Å². The average Bonchev–Trinajstić information content (AvgIpc) is 2.86. The molecule has 4 aromatic rings. The summed E-state index contributed by atoms with van der Waals surface area (Å²) in [6.45, 7) is 11.9. The first kappa shape index (κ1) is 24.0. The number of ether oxygens (including phenoxy) is 2. The van der Waals surface area contributed by atoms with Crippen molar-refractivity contribution in [1.82, 2.24) is 0 Å². The van der Waals surface area contributed by atoms with Crippen LogP contribution in [0.15, 0.2) is 104 Å². The Morgan fingerprint density at radius 2 is 1.31 bits per heavy atom. The van der Waals surface area contributed by atoms with Crippen molar-refractivity contribution in [2.45, 2.75) is 32.8 Å². The van der Waals surface area contributed by atoms with Crippen LogP contribution in [-0.2, 0) is 12.8 Å². The maximum Gasteiger partial charge on any atom is 0.193 e. The van der Waals surface area contributed by atoms with E-state index in [-0.39, 0.29) is 11.9 Å². The number of rotatable bonds is 10. The van der Waals surface area contributed by atoms with Gasteiger partial charge in [-0.15, -0.1) is 13.2 Å². The van der Waals surface area contributed by atoms with Gasteiger partial charge in [-0.3, -0.25) is 4.79 Å². The number of hydrogen-bond donors (Lipinski definition) is 0. The molecule has 0 heterocycles. The first-order chi connectivity index (χ1) is 17.0. The molecule has 4 aromatic carbocycles. The predicted octanol–water partition coefficient (Wildman–Crippen LogP) is 8.11. The summed E-state index contributed by atoms with van der Waals surface area (Å²) in [5, 5.41) is 2.15. The summed E-state index contributed by atoms with van der Waals surface area (Å²) in [5.41, 5.74) is 3.41. The summed E-state index contributed by atoms with van der Waals surface area (Å²) in [7, 11) is 0. The van der Waals surface area contributed by atoms with Gasteiger partial charge in [0, 0.05) is 11.1 Å². The lowest BCUT2D eigenvalue weighted by Gasteiger charge is -2.17. The van der Waals surface area contributed by atoms with Crippen molar-refractivity contribution in [3.63, 3.8) is 0 Å². The van der Waals surface area contributed by atoms with E-state index in [0.29, 0.717) is 23.3 Å². The molecule has 0 aromatic heterocycles. The molecule has 4 rings (SSSR count). The number of allylic oxidation sites excluding steroid dienone is 2. The van der Waals surface area contributed by atoms with Crippen molar-refractivity contribution in [2.24, 2.45) is 0 Å². The number of benzene rings is 4. The summed E-state index contributed by atoms with van der Waals surface area (Å²) in [6.07, 6.45) is 5.23. The fraction of sp³-hybridized carbons (Fsp3) is 0.156. The Morgan fingerprint density at radius 1 is 0.771 bits per heavy atom. The number of carbonyl (C=O) groups is 1. The van der Waals surface area contributed by atoms with Crippen LogP contribution < -0.4 is 9.47 Å². The highest BCUT2D eigenvalue weighted by atomic mass is 16.5. The van der Waals surface area contributed by atoms with Gasteiger partial charge in [-0.1, -0.05) is 42.5 Å². The summed E-state index contributed by atoms with van der Waals surface area (Å²) in [5.74, 6) is 2.31. The van der Waals surface area contributed by atoms with Gasteiger partial charge in [0.15, 0.2) is 5.78 Å². The van der Waals surface area contributed by atoms with Crippen LogP contribution in [0.2, 0.25) is 0 Å². The lowest BCUT2D eigenvalue weighted by atomic mass is 9.99. The molecule has 0 spiro atoms. The average molecular weight is 463 g/mol. The zero-order chi connectivity index (χ0) is 24.8. The van der Waals surface area contributed by atoms with E-state index in [0.717, 1.165) is 39.8 Å². The first-order valence-corrected chi connectivity index (χ1v) is 11.8. The molecule has 3 heteroatoms. The number of fused-ring (bicyclic) bond motifs is 1. The Hall–Kier alpha value is -4.11. The molecular formula is C32H30O3. The van der Waals surface area contributed by atoms with Crippen LogP contribution in [0.4, 0.5) is 0 Å². The normalized spacial score (nSPS) is 10.8. The molecule has 0 aliphatic carbocycles. The van der Waals surface area contributed by atoms with Crippen LogP contribution in [0.3, 0.4) is 0 Å². The van der Waals surface area contributed by atoms with Crippen molar-refractivity contribution < 1.29 is 14.3 Å². The van der Waals surface area contributed by atoms with Crippen LogP contribution in [0.1, 0.15) is 40.9 Å². The lowest BCUT2D eigenvalue weighted by molar-refractivity contribution is 0.103. The molecule has 3 nitrogen and oxygen atoms in total. The standard InChI is InChI=1S/C32H30O3/c1-5-10-25-18-28-21-31(26(11-6-2)19-27(28)20-30(25)34-22(3)4)35-29-16-14-24(15-17-29)32(33)23-12-8-7-9-13-23/h5-9,12-22H,1-2,10-11H2,3-4H3. The maximum absolute atomic E-state index is 12.7. The van der Waals surface area contributed by atoms with Crippen molar-refractivity contribution in [3.8, 4) is 17.2 Å². The molecule has 0 aliphatic rings. The monoisotopic (exact) mass is 462 g/mol. The Labute approximate surface area is 207 Å². The molecule has 35 heavy (non-hydrogen) atoms. The largest absolute Gasteiger partial charge is 0.491 e. The van der Waals surface area contributed by atoms with E-state index in [1.54, 1.807) is 12.1 Å². The van der Waals surface area contributed by atoms with Crippen LogP contribution in [0.5, 0.6) is 17.2 Å². The molecule has 0 saturated carbocycles. The SMILES string of the molecule is C=CCc1cc2cc(OC(C)C)c(CC=C)cc2cc1Oc1ccc(C(=O)c2ccccc2)cc1. The molecule has 0 unspecified atom stereocenters. The van der Waals surface area contributed by atoms with Crippen LogP contribution in [0.25, 0.3) is 10.8 Å². The fourth-order valence-electron chi connectivity index (χ4n) is 4.05. The van der Waals surface area contributed by atoms with Gasteiger partial charge in [-0.25, -0.2) is 0 Å². The van der Waals surface area contributed by atoms with E-state index in [1.165, 1.54) is 0 Å². The molecule has 176 valence electrons. The summed E-state index contributed by atoms with van der Waals surface area (Å²) >= 11 is 0. The van der Waals surface area contributed by atoms with Gasteiger partial charge in [-0.2, -0.15) is 0 Å². The zero-order valence-electron chi connectivity index (χ0n) is 20.3. The molecule has 0 aliphatic heterocycles. The zero-order valence-corrected chi connectivity index (χ0v) is 20.3. The Balaban J connectivity index is 1.67. The second-order valence-corrected chi connectivity index (χ2v) is 8.74. The summed E-state index contributed by atoms with van der Waals surface area (Å²) < 4.78 is 12.4. The predicted molar refractivity (Wildman–Crippen MR) is 144 cm³/mol. The Kier molecular flexibility index (Phi) is 7.47. The summed E-state index contributed by atoms with van der Waals surface area (Å²) in [6, 6.07) is 25.0. The van der Waals surface area contributed by atoms with E-state index < -0.39 is 0 Å².